The Hall–Kier alpha value is -0.120. The predicted molar refractivity (Wildman–Crippen MR) is 76.1 cm³/mol. The van der Waals surface area contributed by atoms with E-state index in [4.69, 9.17) is 4.74 Å². The van der Waals surface area contributed by atoms with E-state index in [2.05, 4.69) is 12.2 Å². The monoisotopic (exact) mass is 267 g/mol. The summed E-state index contributed by atoms with van der Waals surface area (Å²) in [5.74, 6) is 0. The van der Waals surface area contributed by atoms with Crippen molar-refractivity contribution in [1.82, 2.24) is 5.32 Å². The summed E-state index contributed by atoms with van der Waals surface area (Å²) in [7, 11) is 0. The molecule has 3 aliphatic carbocycles. The molecule has 2 N–H and O–H groups in total. The van der Waals surface area contributed by atoms with Gasteiger partial charge < -0.3 is 15.2 Å². The number of hydrogen-bond acceptors (Lipinski definition) is 3. The lowest BCUT2D eigenvalue weighted by atomic mass is 9.55. The van der Waals surface area contributed by atoms with Gasteiger partial charge in [0.2, 0.25) is 0 Å². The molecular weight excluding hydrogens is 238 g/mol. The minimum absolute atomic E-state index is 0.383. The van der Waals surface area contributed by atoms with Crippen molar-refractivity contribution in [2.45, 2.75) is 82.5 Å². The second kappa shape index (κ2) is 5.34. The van der Waals surface area contributed by atoms with Crippen LogP contribution in [-0.4, -0.2) is 36.0 Å². The van der Waals surface area contributed by atoms with Crippen molar-refractivity contribution in [2.75, 3.05) is 13.2 Å². The molecule has 2 unspecified atom stereocenters. The molecule has 0 aromatic carbocycles. The Morgan fingerprint density at radius 3 is 2.42 bits per heavy atom. The minimum atomic E-state index is -0.396. The Labute approximate surface area is 117 Å². The van der Waals surface area contributed by atoms with E-state index >= 15 is 0 Å². The Kier molecular flexibility index (Phi) is 3.89. The zero-order chi connectivity index (χ0) is 13.3. The first-order valence-corrected chi connectivity index (χ1v) is 8.26. The molecule has 0 aliphatic heterocycles. The topological polar surface area (TPSA) is 41.5 Å². The summed E-state index contributed by atoms with van der Waals surface area (Å²) in [5.41, 5.74) is -0.0130. The summed E-state index contributed by atoms with van der Waals surface area (Å²) in [6.07, 6.45) is 11.5. The van der Waals surface area contributed by atoms with Gasteiger partial charge in [0.15, 0.2) is 0 Å². The van der Waals surface area contributed by atoms with Gasteiger partial charge in [-0.05, 0) is 45.4 Å². The molecule has 3 nitrogen and oxygen atoms in total. The van der Waals surface area contributed by atoms with Crippen molar-refractivity contribution in [3.05, 3.63) is 0 Å². The lowest BCUT2D eigenvalue weighted by molar-refractivity contribution is -0.155. The van der Waals surface area contributed by atoms with E-state index in [1.54, 1.807) is 0 Å². The highest BCUT2D eigenvalue weighted by atomic mass is 16.5. The van der Waals surface area contributed by atoms with Crippen LogP contribution in [0.2, 0.25) is 0 Å². The van der Waals surface area contributed by atoms with Gasteiger partial charge in [-0.1, -0.05) is 19.3 Å². The van der Waals surface area contributed by atoms with E-state index in [9.17, 15) is 5.11 Å². The van der Waals surface area contributed by atoms with Gasteiger partial charge in [-0.15, -0.1) is 0 Å². The molecule has 2 atom stereocenters. The van der Waals surface area contributed by atoms with Crippen molar-refractivity contribution in [3.63, 3.8) is 0 Å². The zero-order valence-electron chi connectivity index (χ0n) is 12.3. The van der Waals surface area contributed by atoms with E-state index in [1.165, 1.54) is 38.5 Å². The van der Waals surface area contributed by atoms with Crippen LogP contribution in [0.1, 0.15) is 64.7 Å². The summed E-state index contributed by atoms with van der Waals surface area (Å²) in [6, 6.07) is 0.578. The molecule has 1 spiro atoms. The van der Waals surface area contributed by atoms with E-state index < -0.39 is 5.60 Å². The summed E-state index contributed by atoms with van der Waals surface area (Å²) in [5, 5.41) is 13.9. The van der Waals surface area contributed by atoms with Gasteiger partial charge in [0, 0.05) is 24.6 Å². The van der Waals surface area contributed by atoms with Gasteiger partial charge in [-0.3, -0.25) is 0 Å². The summed E-state index contributed by atoms with van der Waals surface area (Å²) in [6.45, 7) is 3.73. The van der Waals surface area contributed by atoms with Crippen molar-refractivity contribution in [1.29, 1.82) is 0 Å². The first-order chi connectivity index (χ1) is 9.19. The van der Waals surface area contributed by atoms with E-state index in [0.717, 1.165) is 32.4 Å². The van der Waals surface area contributed by atoms with Crippen LogP contribution < -0.4 is 5.32 Å². The van der Waals surface area contributed by atoms with E-state index in [1.807, 2.05) is 0 Å². The van der Waals surface area contributed by atoms with Crippen molar-refractivity contribution in [3.8, 4) is 0 Å². The number of ether oxygens (including phenoxy) is 1. The van der Waals surface area contributed by atoms with Crippen LogP contribution in [0.4, 0.5) is 0 Å². The molecule has 0 radical (unpaired) electrons. The summed E-state index contributed by atoms with van der Waals surface area (Å²) < 4.78 is 5.97. The van der Waals surface area contributed by atoms with Gasteiger partial charge in [0.05, 0.1) is 11.7 Å². The molecular formula is C16H29NO2. The maximum atomic E-state index is 10.2. The molecule has 0 bridgehead atoms. The average Bonchev–Trinajstić information content (AvgIpc) is 2.41. The lowest BCUT2D eigenvalue weighted by Crippen LogP contribution is -2.66. The predicted octanol–water partition coefficient (Wildman–Crippen LogP) is 2.62. The standard InChI is InChI=1S/C16H29NO2/c1-2-19-14-11-13(16(14)9-4-3-5-10-16)17-12-15(18)7-6-8-15/h13-14,17-18H,2-12H2,1H3. The van der Waals surface area contributed by atoms with Crippen LogP contribution in [0.25, 0.3) is 0 Å². The Morgan fingerprint density at radius 2 is 1.84 bits per heavy atom. The molecule has 19 heavy (non-hydrogen) atoms. The third-order valence-electron chi connectivity index (χ3n) is 5.90. The Bertz CT molecular complexity index is 308. The number of aliphatic hydroxyl groups is 1. The van der Waals surface area contributed by atoms with Crippen LogP contribution in [-0.2, 0) is 4.74 Å². The van der Waals surface area contributed by atoms with E-state index in [0.29, 0.717) is 17.6 Å². The average molecular weight is 267 g/mol. The molecule has 3 fully saturated rings. The fraction of sp³-hybridized carbons (Fsp3) is 1.00. The van der Waals surface area contributed by atoms with Crippen LogP contribution in [0.15, 0.2) is 0 Å². The van der Waals surface area contributed by atoms with Gasteiger partial charge in [0.1, 0.15) is 0 Å². The molecule has 0 amide bonds. The molecule has 0 aromatic heterocycles. The van der Waals surface area contributed by atoms with Crippen molar-refractivity contribution in [2.24, 2.45) is 5.41 Å². The first kappa shape index (κ1) is 13.8. The molecule has 0 heterocycles. The van der Waals surface area contributed by atoms with Gasteiger partial charge in [0.25, 0.3) is 0 Å². The quantitative estimate of drug-likeness (QED) is 0.804. The molecule has 3 rings (SSSR count). The Balaban J connectivity index is 1.58. The number of hydrogen-bond donors (Lipinski definition) is 2. The van der Waals surface area contributed by atoms with Gasteiger partial charge in [-0.25, -0.2) is 0 Å². The van der Waals surface area contributed by atoms with Crippen molar-refractivity contribution < 1.29 is 9.84 Å². The molecule has 3 aliphatic rings. The minimum Gasteiger partial charge on any atom is -0.389 e. The second-order valence-electron chi connectivity index (χ2n) is 6.98. The highest BCUT2D eigenvalue weighted by Crippen LogP contribution is 2.53. The highest BCUT2D eigenvalue weighted by molar-refractivity contribution is 5.09. The molecule has 0 aromatic rings. The third-order valence-corrected chi connectivity index (χ3v) is 5.90. The van der Waals surface area contributed by atoms with Gasteiger partial charge >= 0.3 is 0 Å². The molecule has 3 heteroatoms. The van der Waals surface area contributed by atoms with Crippen LogP contribution in [0.5, 0.6) is 0 Å². The summed E-state index contributed by atoms with van der Waals surface area (Å²) in [4.78, 5) is 0. The SMILES string of the molecule is CCOC1CC(NCC2(O)CCC2)C12CCCCC2. The highest BCUT2D eigenvalue weighted by Gasteiger charge is 2.55. The lowest BCUT2D eigenvalue weighted by Gasteiger charge is -2.58. The third kappa shape index (κ3) is 2.45. The smallest absolute Gasteiger partial charge is 0.0771 e. The first-order valence-electron chi connectivity index (χ1n) is 8.26. The van der Waals surface area contributed by atoms with Gasteiger partial charge in [-0.2, -0.15) is 0 Å². The van der Waals surface area contributed by atoms with E-state index in [-0.39, 0.29) is 0 Å². The second-order valence-corrected chi connectivity index (χ2v) is 6.98. The fourth-order valence-corrected chi connectivity index (χ4v) is 4.42. The largest absolute Gasteiger partial charge is 0.389 e. The fourth-order valence-electron chi connectivity index (χ4n) is 4.42. The number of nitrogens with one attached hydrogen (secondary N) is 1. The normalized spacial score (nSPS) is 35.7. The maximum absolute atomic E-state index is 10.2. The van der Waals surface area contributed by atoms with Crippen LogP contribution >= 0.6 is 0 Å². The van der Waals surface area contributed by atoms with Crippen molar-refractivity contribution >= 4 is 0 Å². The molecule has 0 saturated heterocycles. The molecule has 110 valence electrons. The van der Waals surface area contributed by atoms with Crippen LogP contribution in [0, 0.1) is 5.41 Å². The zero-order valence-corrected chi connectivity index (χ0v) is 12.3. The molecule has 3 saturated carbocycles. The summed E-state index contributed by atoms with van der Waals surface area (Å²) >= 11 is 0. The maximum Gasteiger partial charge on any atom is 0.0771 e. The Morgan fingerprint density at radius 1 is 1.11 bits per heavy atom. The van der Waals surface area contributed by atoms with Crippen LogP contribution in [0.3, 0.4) is 0 Å². The number of rotatable bonds is 5.